The second-order valence-corrected chi connectivity index (χ2v) is 7.22. The summed E-state index contributed by atoms with van der Waals surface area (Å²) < 4.78 is 1.98. The van der Waals surface area contributed by atoms with Crippen LogP contribution in [0, 0.1) is 13.8 Å². The first-order valence-electron chi connectivity index (χ1n) is 8.16. The lowest BCUT2D eigenvalue weighted by atomic mass is 10.2. The zero-order chi connectivity index (χ0) is 18.5. The van der Waals surface area contributed by atoms with E-state index in [9.17, 15) is 4.79 Å². The maximum Gasteiger partial charge on any atom is 0.230 e. The molecule has 0 radical (unpaired) electrons. The number of aryl methyl sites for hydroxylation is 2. The number of aromatic nitrogens is 3. The fraction of sp³-hybridized carbons (Fsp3) is 0.211. The molecule has 0 saturated heterocycles. The number of benzene rings is 2. The fourth-order valence-electron chi connectivity index (χ4n) is 2.51. The molecule has 3 rings (SSSR count). The minimum Gasteiger partial charge on any atom is -0.351 e. The largest absolute Gasteiger partial charge is 0.351 e. The molecule has 1 aromatic heterocycles. The van der Waals surface area contributed by atoms with E-state index < -0.39 is 0 Å². The number of nitrogens with one attached hydrogen (secondary N) is 1. The number of carbonyl (C=O) groups is 1. The quantitative estimate of drug-likeness (QED) is 0.652. The summed E-state index contributed by atoms with van der Waals surface area (Å²) in [4.78, 5) is 12.2. The van der Waals surface area contributed by atoms with Gasteiger partial charge >= 0.3 is 0 Å². The van der Waals surface area contributed by atoms with E-state index >= 15 is 0 Å². The normalized spacial score (nSPS) is 10.7. The Bertz CT molecular complexity index is 908. The molecule has 0 bridgehead atoms. The molecule has 0 saturated carbocycles. The van der Waals surface area contributed by atoms with Crippen LogP contribution >= 0.6 is 23.4 Å². The van der Waals surface area contributed by atoms with E-state index in [0.29, 0.717) is 16.7 Å². The van der Waals surface area contributed by atoms with Crippen molar-refractivity contribution in [3.8, 4) is 5.69 Å². The third-order valence-electron chi connectivity index (χ3n) is 3.89. The number of carbonyl (C=O) groups excluding carboxylic acids is 1. The lowest BCUT2D eigenvalue weighted by Crippen LogP contribution is -2.24. The van der Waals surface area contributed by atoms with Crippen LogP contribution in [0.25, 0.3) is 5.69 Å². The highest BCUT2D eigenvalue weighted by Crippen LogP contribution is 2.23. The molecule has 0 fully saturated rings. The Morgan fingerprint density at radius 1 is 1.12 bits per heavy atom. The zero-order valence-corrected chi connectivity index (χ0v) is 16.1. The van der Waals surface area contributed by atoms with Gasteiger partial charge < -0.3 is 5.32 Å². The van der Waals surface area contributed by atoms with Gasteiger partial charge in [0.15, 0.2) is 5.16 Å². The van der Waals surface area contributed by atoms with E-state index in [0.717, 1.165) is 22.6 Å². The number of thioether (sulfide) groups is 1. The Morgan fingerprint density at radius 2 is 1.85 bits per heavy atom. The van der Waals surface area contributed by atoms with Gasteiger partial charge in [-0.05, 0) is 43.2 Å². The summed E-state index contributed by atoms with van der Waals surface area (Å²) >= 11 is 7.24. The molecule has 1 heterocycles. The first-order valence-corrected chi connectivity index (χ1v) is 9.53. The number of para-hydroxylation sites is 1. The second kappa shape index (κ2) is 8.38. The molecule has 5 nitrogen and oxygen atoms in total. The van der Waals surface area contributed by atoms with Crippen molar-refractivity contribution in [2.75, 3.05) is 5.75 Å². The van der Waals surface area contributed by atoms with E-state index in [1.165, 1.54) is 11.8 Å². The molecular weight excluding hydrogens is 368 g/mol. The third-order valence-corrected chi connectivity index (χ3v) is 5.07. The number of halogens is 1. The number of rotatable bonds is 6. The zero-order valence-electron chi connectivity index (χ0n) is 14.6. The van der Waals surface area contributed by atoms with Crippen molar-refractivity contribution in [3.63, 3.8) is 0 Å². The van der Waals surface area contributed by atoms with Gasteiger partial charge in [-0.15, -0.1) is 10.2 Å². The molecule has 134 valence electrons. The van der Waals surface area contributed by atoms with Crippen molar-refractivity contribution in [3.05, 3.63) is 70.5 Å². The van der Waals surface area contributed by atoms with Crippen LogP contribution in [0.5, 0.6) is 0 Å². The van der Waals surface area contributed by atoms with E-state index in [-0.39, 0.29) is 11.7 Å². The highest BCUT2D eigenvalue weighted by Gasteiger charge is 2.14. The van der Waals surface area contributed by atoms with Crippen LogP contribution in [0.4, 0.5) is 0 Å². The highest BCUT2D eigenvalue weighted by atomic mass is 35.5. The average Bonchev–Trinajstić information content (AvgIpc) is 3.00. The maximum atomic E-state index is 12.2. The minimum atomic E-state index is -0.0538. The van der Waals surface area contributed by atoms with Crippen LogP contribution in [-0.2, 0) is 11.3 Å². The lowest BCUT2D eigenvalue weighted by molar-refractivity contribution is -0.118. The van der Waals surface area contributed by atoms with Gasteiger partial charge in [-0.2, -0.15) is 0 Å². The minimum absolute atomic E-state index is 0.0538. The van der Waals surface area contributed by atoms with E-state index in [4.69, 9.17) is 11.6 Å². The molecule has 0 spiro atoms. The van der Waals surface area contributed by atoms with Crippen molar-refractivity contribution in [1.29, 1.82) is 0 Å². The second-order valence-electron chi connectivity index (χ2n) is 5.84. The van der Waals surface area contributed by atoms with Crippen LogP contribution in [-0.4, -0.2) is 26.4 Å². The van der Waals surface area contributed by atoms with E-state index in [1.54, 1.807) is 0 Å². The maximum absolute atomic E-state index is 12.2. The molecule has 7 heteroatoms. The van der Waals surface area contributed by atoms with Crippen LogP contribution in [0.2, 0.25) is 5.02 Å². The van der Waals surface area contributed by atoms with Crippen molar-refractivity contribution in [2.24, 2.45) is 0 Å². The Kier molecular flexibility index (Phi) is 5.96. The molecule has 3 aromatic rings. The summed E-state index contributed by atoms with van der Waals surface area (Å²) in [6.45, 7) is 4.42. The van der Waals surface area contributed by atoms with Gasteiger partial charge in [0, 0.05) is 11.6 Å². The topological polar surface area (TPSA) is 59.8 Å². The molecular formula is C19H19ClN4OS. The molecule has 0 aliphatic heterocycles. The molecule has 1 N–H and O–H groups in total. The molecule has 0 unspecified atom stereocenters. The first-order chi connectivity index (χ1) is 12.5. The van der Waals surface area contributed by atoms with Crippen LogP contribution in [0.1, 0.15) is 17.0 Å². The van der Waals surface area contributed by atoms with Gasteiger partial charge in [0.2, 0.25) is 5.91 Å². The van der Waals surface area contributed by atoms with Crippen molar-refractivity contribution >= 4 is 29.3 Å². The fourth-order valence-corrected chi connectivity index (χ4v) is 3.46. The van der Waals surface area contributed by atoms with E-state index in [2.05, 4.69) is 15.5 Å². The predicted molar refractivity (Wildman–Crippen MR) is 105 cm³/mol. The van der Waals surface area contributed by atoms with Crippen LogP contribution < -0.4 is 5.32 Å². The molecule has 1 amide bonds. The molecule has 0 aliphatic carbocycles. The SMILES string of the molecule is Cc1ccccc1-n1c(C)nnc1SCC(=O)NCc1ccc(Cl)cc1. The van der Waals surface area contributed by atoms with Gasteiger partial charge in [-0.3, -0.25) is 9.36 Å². The molecule has 0 atom stereocenters. The summed E-state index contributed by atoms with van der Waals surface area (Å²) in [5.41, 5.74) is 3.16. The number of amides is 1. The molecule has 2 aromatic carbocycles. The third kappa shape index (κ3) is 4.45. The van der Waals surface area contributed by atoms with Crippen LogP contribution in [0.3, 0.4) is 0 Å². The van der Waals surface area contributed by atoms with Crippen LogP contribution in [0.15, 0.2) is 53.7 Å². The summed E-state index contributed by atoms with van der Waals surface area (Å²) in [6, 6.07) is 15.5. The summed E-state index contributed by atoms with van der Waals surface area (Å²) in [6.07, 6.45) is 0. The Balaban J connectivity index is 1.62. The lowest BCUT2D eigenvalue weighted by Gasteiger charge is -2.11. The Labute approximate surface area is 161 Å². The highest BCUT2D eigenvalue weighted by molar-refractivity contribution is 7.99. The Morgan fingerprint density at radius 3 is 2.58 bits per heavy atom. The van der Waals surface area contributed by atoms with Gasteiger partial charge in [0.25, 0.3) is 0 Å². The summed E-state index contributed by atoms with van der Waals surface area (Å²) in [5, 5.41) is 12.7. The summed E-state index contributed by atoms with van der Waals surface area (Å²) in [5.74, 6) is 1.02. The summed E-state index contributed by atoms with van der Waals surface area (Å²) in [7, 11) is 0. The van der Waals surface area contributed by atoms with Gasteiger partial charge in [0.1, 0.15) is 5.82 Å². The molecule has 0 aliphatic rings. The smallest absolute Gasteiger partial charge is 0.230 e. The first kappa shape index (κ1) is 18.5. The standard InChI is InChI=1S/C19H19ClN4OS/c1-13-5-3-4-6-17(13)24-14(2)22-23-19(24)26-12-18(25)21-11-15-7-9-16(20)10-8-15/h3-10H,11-12H2,1-2H3,(H,21,25). The number of nitrogens with zero attached hydrogens (tertiary/aromatic N) is 3. The molecule has 26 heavy (non-hydrogen) atoms. The Hall–Kier alpha value is -2.31. The van der Waals surface area contributed by atoms with Crippen molar-refractivity contribution in [2.45, 2.75) is 25.5 Å². The van der Waals surface area contributed by atoms with Gasteiger partial charge in [-0.1, -0.05) is 53.7 Å². The number of hydrogen-bond donors (Lipinski definition) is 1. The monoisotopic (exact) mass is 386 g/mol. The van der Waals surface area contributed by atoms with Gasteiger partial charge in [0.05, 0.1) is 11.4 Å². The van der Waals surface area contributed by atoms with E-state index in [1.807, 2.05) is 66.9 Å². The average molecular weight is 387 g/mol. The predicted octanol–water partition coefficient (Wildman–Crippen LogP) is 3.95. The number of hydrogen-bond acceptors (Lipinski definition) is 4. The van der Waals surface area contributed by atoms with Gasteiger partial charge in [-0.25, -0.2) is 0 Å². The van der Waals surface area contributed by atoms with Crippen molar-refractivity contribution in [1.82, 2.24) is 20.1 Å². The van der Waals surface area contributed by atoms with Crippen molar-refractivity contribution < 1.29 is 4.79 Å².